The van der Waals surface area contributed by atoms with Crippen LogP contribution in [-0.4, -0.2) is 39.7 Å². The predicted molar refractivity (Wildman–Crippen MR) is 69.1 cm³/mol. The zero-order valence-electron chi connectivity index (χ0n) is 9.72. The lowest BCUT2D eigenvalue weighted by atomic mass is 10.4. The fraction of sp³-hybridized carbons (Fsp3) is 0.500. The average Bonchev–Trinajstić information content (AvgIpc) is 3.09. The minimum Gasteiger partial charge on any atom is -0.303 e. The molecule has 0 amide bonds. The van der Waals surface area contributed by atoms with E-state index in [1.165, 1.54) is 25.9 Å². The van der Waals surface area contributed by atoms with Crippen LogP contribution in [0.1, 0.15) is 18.7 Å². The van der Waals surface area contributed by atoms with Gasteiger partial charge in [-0.2, -0.15) is 5.10 Å². The third-order valence-electron chi connectivity index (χ3n) is 3.14. The third kappa shape index (κ3) is 2.56. The Hall–Kier alpha value is -1.20. The van der Waals surface area contributed by atoms with Gasteiger partial charge in [-0.3, -0.25) is 5.10 Å². The minimum absolute atomic E-state index is 0.830. The Kier molecular flexibility index (Phi) is 3.20. The third-order valence-corrected chi connectivity index (χ3v) is 4.00. The summed E-state index contributed by atoms with van der Waals surface area (Å²) in [5.41, 5.74) is 0. The Labute approximate surface area is 105 Å². The maximum absolute atomic E-state index is 4.53. The molecule has 0 saturated carbocycles. The molecule has 2 aromatic rings. The highest BCUT2D eigenvalue weighted by molar-refractivity contribution is 7.13. The molecular weight excluding hydrogens is 232 g/mol. The van der Waals surface area contributed by atoms with Crippen molar-refractivity contribution in [2.45, 2.75) is 19.3 Å². The van der Waals surface area contributed by atoms with Gasteiger partial charge in [0.2, 0.25) is 0 Å². The fourth-order valence-corrected chi connectivity index (χ4v) is 2.85. The normalized spacial score (nSPS) is 16.7. The van der Waals surface area contributed by atoms with Crippen LogP contribution in [0.15, 0.2) is 17.5 Å². The summed E-state index contributed by atoms with van der Waals surface area (Å²) in [5, 5.41) is 9.35. The number of rotatable bonds is 4. The Morgan fingerprint density at radius 1 is 1.35 bits per heavy atom. The topological polar surface area (TPSA) is 44.8 Å². The standard InChI is InChI=1S/C12H16N4S/c1-2-7-16(6-1)8-5-11-13-12(15-14-11)10-4-3-9-17-10/h3-4,9H,1-2,5-8H2,(H,13,14,15). The molecule has 17 heavy (non-hydrogen) atoms. The van der Waals surface area contributed by atoms with Gasteiger partial charge in [0.25, 0.3) is 0 Å². The Morgan fingerprint density at radius 2 is 2.24 bits per heavy atom. The van der Waals surface area contributed by atoms with Crippen LogP contribution in [0.5, 0.6) is 0 Å². The van der Waals surface area contributed by atoms with Gasteiger partial charge in [-0.15, -0.1) is 11.3 Å². The number of thiophene rings is 1. The van der Waals surface area contributed by atoms with Crippen LogP contribution in [-0.2, 0) is 6.42 Å². The van der Waals surface area contributed by atoms with Gasteiger partial charge in [0.1, 0.15) is 5.82 Å². The molecule has 0 unspecified atom stereocenters. The van der Waals surface area contributed by atoms with Crippen LogP contribution < -0.4 is 0 Å². The molecule has 1 saturated heterocycles. The zero-order valence-corrected chi connectivity index (χ0v) is 10.5. The number of nitrogens with zero attached hydrogens (tertiary/aromatic N) is 3. The molecule has 90 valence electrons. The van der Waals surface area contributed by atoms with Crippen molar-refractivity contribution in [3.8, 4) is 10.7 Å². The van der Waals surface area contributed by atoms with E-state index in [9.17, 15) is 0 Å². The molecule has 3 heterocycles. The fourth-order valence-electron chi connectivity index (χ4n) is 2.19. The molecule has 4 nitrogen and oxygen atoms in total. The SMILES string of the molecule is c1csc(-c2n[nH]c(CCN3CCCC3)n2)c1. The van der Waals surface area contributed by atoms with Gasteiger partial charge in [0.15, 0.2) is 5.82 Å². The monoisotopic (exact) mass is 248 g/mol. The number of H-pyrrole nitrogens is 1. The number of hydrogen-bond acceptors (Lipinski definition) is 4. The lowest BCUT2D eigenvalue weighted by Gasteiger charge is -2.12. The van der Waals surface area contributed by atoms with Crippen molar-refractivity contribution in [3.05, 3.63) is 23.3 Å². The molecule has 0 radical (unpaired) electrons. The van der Waals surface area contributed by atoms with Crippen molar-refractivity contribution < 1.29 is 0 Å². The number of hydrogen-bond donors (Lipinski definition) is 1. The summed E-state index contributed by atoms with van der Waals surface area (Å²) in [4.78, 5) is 8.16. The van der Waals surface area contributed by atoms with Gasteiger partial charge in [-0.1, -0.05) is 6.07 Å². The summed E-state index contributed by atoms with van der Waals surface area (Å²) in [7, 11) is 0. The molecule has 1 fully saturated rings. The molecular formula is C12H16N4S. The van der Waals surface area contributed by atoms with Gasteiger partial charge in [-0.05, 0) is 37.4 Å². The van der Waals surface area contributed by atoms with Crippen LogP contribution in [0.3, 0.4) is 0 Å². The lowest BCUT2D eigenvalue weighted by Crippen LogP contribution is -2.22. The highest BCUT2D eigenvalue weighted by atomic mass is 32.1. The number of likely N-dealkylation sites (tertiary alicyclic amines) is 1. The van der Waals surface area contributed by atoms with Crippen molar-refractivity contribution in [2.24, 2.45) is 0 Å². The van der Waals surface area contributed by atoms with E-state index < -0.39 is 0 Å². The average molecular weight is 248 g/mol. The molecule has 0 atom stereocenters. The van der Waals surface area contributed by atoms with Crippen molar-refractivity contribution in [3.63, 3.8) is 0 Å². The first-order chi connectivity index (χ1) is 8.42. The Morgan fingerprint density at radius 3 is 3.00 bits per heavy atom. The summed E-state index contributed by atoms with van der Waals surface area (Å²) >= 11 is 1.68. The second kappa shape index (κ2) is 4.98. The summed E-state index contributed by atoms with van der Waals surface area (Å²) in [6.45, 7) is 3.58. The number of aromatic nitrogens is 3. The van der Waals surface area contributed by atoms with E-state index in [1.807, 2.05) is 6.07 Å². The maximum Gasteiger partial charge on any atom is 0.191 e. The van der Waals surface area contributed by atoms with Gasteiger partial charge in [0.05, 0.1) is 4.88 Å². The predicted octanol–water partition coefficient (Wildman–Crippen LogP) is 2.17. The number of aromatic amines is 1. The highest BCUT2D eigenvalue weighted by Gasteiger charge is 2.12. The van der Waals surface area contributed by atoms with Crippen molar-refractivity contribution >= 4 is 11.3 Å². The van der Waals surface area contributed by atoms with Crippen LogP contribution in [0.25, 0.3) is 10.7 Å². The lowest BCUT2D eigenvalue weighted by molar-refractivity contribution is 0.341. The first-order valence-electron chi connectivity index (χ1n) is 6.09. The quantitative estimate of drug-likeness (QED) is 0.902. The first-order valence-corrected chi connectivity index (χ1v) is 6.97. The molecule has 1 aliphatic heterocycles. The van der Waals surface area contributed by atoms with Crippen LogP contribution in [0.2, 0.25) is 0 Å². The Balaban J connectivity index is 1.60. The molecule has 0 spiro atoms. The Bertz CT molecular complexity index is 457. The molecule has 0 aromatic carbocycles. The van der Waals surface area contributed by atoms with Gasteiger partial charge in [-0.25, -0.2) is 4.98 Å². The highest BCUT2D eigenvalue weighted by Crippen LogP contribution is 2.20. The molecule has 2 aromatic heterocycles. The minimum atomic E-state index is 0.830. The molecule has 1 aliphatic rings. The van der Waals surface area contributed by atoms with E-state index in [1.54, 1.807) is 11.3 Å². The molecule has 5 heteroatoms. The van der Waals surface area contributed by atoms with Gasteiger partial charge >= 0.3 is 0 Å². The second-order valence-corrected chi connectivity index (χ2v) is 5.33. The van der Waals surface area contributed by atoms with E-state index in [4.69, 9.17) is 0 Å². The largest absolute Gasteiger partial charge is 0.303 e. The van der Waals surface area contributed by atoms with Crippen LogP contribution in [0.4, 0.5) is 0 Å². The van der Waals surface area contributed by atoms with Crippen LogP contribution >= 0.6 is 11.3 Å². The summed E-state index contributed by atoms with van der Waals surface area (Å²) in [6.07, 6.45) is 3.66. The summed E-state index contributed by atoms with van der Waals surface area (Å²) in [5.74, 6) is 1.83. The molecule has 0 bridgehead atoms. The number of nitrogens with one attached hydrogen (secondary N) is 1. The summed E-state index contributed by atoms with van der Waals surface area (Å²) < 4.78 is 0. The van der Waals surface area contributed by atoms with E-state index in [-0.39, 0.29) is 0 Å². The van der Waals surface area contributed by atoms with Crippen molar-refractivity contribution in [1.82, 2.24) is 20.1 Å². The van der Waals surface area contributed by atoms with E-state index >= 15 is 0 Å². The van der Waals surface area contributed by atoms with Crippen molar-refractivity contribution in [1.29, 1.82) is 0 Å². The zero-order chi connectivity index (χ0) is 11.5. The molecule has 3 rings (SSSR count). The smallest absolute Gasteiger partial charge is 0.191 e. The van der Waals surface area contributed by atoms with E-state index in [0.29, 0.717) is 0 Å². The molecule has 1 N–H and O–H groups in total. The second-order valence-electron chi connectivity index (χ2n) is 4.38. The van der Waals surface area contributed by atoms with Crippen molar-refractivity contribution in [2.75, 3.05) is 19.6 Å². The van der Waals surface area contributed by atoms with Crippen LogP contribution in [0, 0.1) is 0 Å². The van der Waals surface area contributed by atoms with Gasteiger partial charge < -0.3 is 4.90 Å². The van der Waals surface area contributed by atoms with E-state index in [0.717, 1.165) is 29.5 Å². The van der Waals surface area contributed by atoms with E-state index in [2.05, 4.69) is 31.5 Å². The summed E-state index contributed by atoms with van der Waals surface area (Å²) in [6, 6.07) is 4.08. The first kappa shape index (κ1) is 10.9. The maximum atomic E-state index is 4.53. The molecule has 0 aliphatic carbocycles. The van der Waals surface area contributed by atoms with Gasteiger partial charge in [0, 0.05) is 13.0 Å².